The van der Waals surface area contributed by atoms with E-state index in [1.165, 1.54) is 18.3 Å². The molecule has 27 heavy (non-hydrogen) atoms. The van der Waals surface area contributed by atoms with Crippen LogP contribution in [0.1, 0.15) is 17.3 Å². The predicted octanol–water partition coefficient (Wildman–Crippen LogP) is 3.65. The first-order valence-corrected chi connectivity index (χ1v) is 10.6. The fourth-order valence-electron chi connectivity index (χ4n) is 2.49. The van der Waals surface area contributed by atoms with Gasteiger partial charge < -0.3 is 5.32 Å². The van der Waals surface area contributed by atoms with E-state index < -0.39 is 9.84 Å². The number of nitrogens with zero attached hydrogens (tertiary/aromatic N) is 1. The molecule has 0 atom stereocenters. The topological polar surface area (TPSA) is 93.2 Å². The number of nitrogens with one attached hydrogen (secondary N) is 1. The van der Waals surface area contributed by atoms with Crippen LogP contribution in [0.5, 0.6) is 0 Å². The summed E-state index contributed by atoms with van der Waals surface area (Å²) < 4.78 is 23.3. The molecule has 3 aromatic rings. The molecule has 0 fully saturated rings. The monoisotopic (exact) mass is 400 g/mol. The molecule has 3 rings (SSSR count). The summed E-state index contributed by atoms with van der Waals surface area (Å²) in [5.74, 6) is -0.231. The highest BCUT2D eigenvalue weighted by Gasteiger charge is 2.17. The van der Waals surface area contributed by atoms with Crippen molar-refractivity contribution in [1.29, 1.82) is 0 Å². The molecular weight excluding hydrogens is 384 g/mol. The van der Waals surface area contributed by atoms with Gasteiger partial charge in [0.15, 0.2) is 15.0 Å². The Labute approximate surface area is 160 Å². The van der Waals surface area contributed by atoms with E-state index in [2.05, 4.69) is 10.3 Å². The molecule has 0 spiro atoms. The Morgan fingerprint density at radius 3 is 2.15 bits per heavy atom. The molecule has 0 radical (unpaired) electrons. The fourth-order valence-corrected chi connectivity index (χ4v) is 4.16. The summed E-state index contributed by atoms with van der Waals surface area (Å²) in [6.07, 6.45) is 1.92. The molecule has 0 unspecified atom stereocenters. The Hall–Kier alpha value is -2.84. The number of aromatic nitrogens is 1. The predicted molar refractivity (Wildman–Crippen MR) is 106 cm³/mol. The van der Waals surface area contributed by atoms with Crippen molar-refractivity contribution in [1.82, 2.24) is 4.98 Å². The third-order valence-electron chi connectivity index (χ3n) is 3.77. The third-order valence-corrected chi connectivity index (χ3v) is 5.92. The number of hydrogen-bond acceptors (Lipinski definition) is 6. The zero-order valence-corrected chi connectivity index (χ0v) is 16.2. The lowest BCUT2D eigenvalue weighted by atomic mass is 10.1. The molecule has 0 saturated heterocycles. The molecule has 8 heteroatoms. The van der Waals surface area contributed by atoms with Gasteiger partial charge >= 0.3 is 0 Å². The first kappa shape index (κ1) is 18.9. The van der Waals surface area contributed by atoms with Gasteiger partial charge in [0.25, 0.3) is 0 Å². The van der Waals surface area contributed by atoms with Crippen molar-refractivity contribution in [2.45, 2.75) is 11.8 Å². The minimum atomic E-state index is -3.28. The molecule has 1 N–H and O–H groups in total. The number of rotatable bonds is 5. The van der Waals surface area contributed by atoms with Crippen LogP contribution in [0.4, 0.5) is 5.13 Å². The molecule has 0 saturated carbocycles. The normalized spacial score (nSPS) is 11.2. The van der Waals surface area contributed by atoms with Crippen LogP contribution in [-0.2, 0) is 14.6 Å². The van der Waals surface area contributed by atoms with Gasteiger partial charge in [0, 0.05) is 24.3 Å². The van der Waals surface area contributed by atoms with Crippen molar-refractivity contribution >= 4 is 38.5 Å². The molecule has 6 nitrogen and oxygen atoms in total. The lowest BCUT2D eigenvalue weighted by molar-refractivity contribution is -0.114. The number of carbonyl (C=O) groups excluding carboxylic acids is 2. The zero-order chi connectivity index (χ0) is 19.6. The van der Waals surface area contributed by atoms with Crippen molar-refractivity contribution in [3.63, 3.8) is 0 Å². The van der Waals surface area contributed by atoms with E-state index in [0.29, 0.717) is 16.4 Å². The highest BCUT2D eigenvalue weighted by molar-refractivity contribution is 7.90. The number of amides is 1. The Kier molecular flexibility index (Phi) is 5.20. The van der Waals surface area contributed by atoms with Crippen molar-refractivity contribution in [3.05, 3.63) is 54.1 Å². The van der Waals surface area contributed by atoms with E-state index in [1.807, 2.05) is 0 Å². The largest absolute Gasteiger partial charge is 0.302 e. The van der Waals surface area contributed by atoms with Gasteiger partial charge in [0.2, 0.25) is 5.91 Å². The number of anilines is 1. The third kappa shape index (κ3) is 4.29. The highest BCUT2D eigenvalue weighted by atomic mass is 32.2. The molecular formula is C19H16N2O4S2. The van der Waals surface area contributed by atoms with Gasteiger partial charge in [-0.1, -0.05) is 47.7 Å². The van der Waals surface area contributed by atoms with Gasteiger partial charge in [-0.05, 0) is 17.7 Å². The van der Waals surface area contributed by atoms with Crippen LogP contribution in [0.15, 0.2) is 53.4 Å². The van der Waals surface area contributed by atoms with Crippen LogP contribution in [0.2, 0.25) is 0 Å². The van der Waals surface area contributed by atoms with Crippen LogP contribution in [-0.4, -0.2) is 31.9 Å². The fraction of sp³-hybridized carbons (Fsp3) is 0.105. The number of thiazole rings is 1. The standard InChI is InChI=1S/C19H16N2O4S2/c1-12(23)20-19-21-17(14-5-3-13(11-22)4-6-14)18(26-19)15-7-9-16(10-8-15)27(2,24)25/h3-11H,1-2H3,(H,20,21,23). The Morgan fingerprint density at radius 1 is 1.04 bits per heavy atom. The van der Waals surface area contributed by atoms with E-state index in [0.717, 1.165) is 28.5 Å². The quantitative estimate of drug-likeness (QED) is 0.660. The van der Waals surface area contributed by atoms with Crippen molar-refractivity contribution in [2.75, 3.05) is 11.6 Å². The van der Waals surface area contributed by atoms with E-state index in [9.17, 15) is 18.0 Å². The lowest BCUT2D eigenvalue weighted by Crippen LogP contribution is -2.04. The highest BCUT2D eigenvalue weighted by Crippen LogP contribution is 2.39. The second kappa shape index (κ2) is 7.42. The molecule has 1 heterocycles. The average molecular weight is 400 g/mol. The van der Waals surface area contributed by atoms with Crippen LogP contribution in [0, 0.1) is 0 Å². The SMILES string of the molecule is CC(=O)Nc1nc(-c2ccc(C=O)cc2)c(-c2ccc(S(C)(=O)=O)cc2)s1. The molecule has 0 aliphatic heterocycles. The van der Waals surface area contributed by atoms with E-state index in [1.54, 1.807) is 48.5 Å². The van der Waals surface area contributed by atoms with E-state index >= 15 is 0 Å². The number of carbonyl (C=O) groups is 2. The van der Waals surface area contributed by atoms with Gasteiger partial charge in [0.05, 0.1) is 15.5 Å². The minimum absolute atomic E-state index is 0.231. The number of sulfone groups is 1. The first-order valence-electron chi connectivity index (χ1n) is 7.92. The van der Waals surface area contributed by atoms with Crippen molar-refractivity contribution < 1.29 is 18.0 Å². The molecule has 0 aliphatic carbocycles. The van der Waals surface area contributed by atoms with Crippen LogP contribution < -0.4 is 5.32 Å². The summed E-state index contributed by atoms with van der Waals surface area (Å²) in [6.45, 7) is 1.40. The van der Waals surface area contributed by atoms with Gasteiger partial charge in [-0.3, -0.25) is 9.59 Å². The summed E-state index contributed by atoms with van der Waals surface area (Å²) in [7, 11) is -3.28. The maximum absolute atomic E-state index is 11.7. The summed E-state index contributed by atoms with van der Waals surface area (Å²) in [6, 6.07) is 13.5. The Bertz CT molecular complexity index is 1100. The van der Waals surface area contributed by atoms with Gasteiger partial charge in [0.1, 0.15) is 6.29 Å². The van der Waals surface area contributed by atoms with E-state index in [4.69, 9.17) is 0 Å². The van der Waals surface area contributed by atoms with Gasteiger partial charge in [-0.25, -0.2) is 13.4 Å². The zero-order valence-electron chi connectivity index (χ0n) is 14.6. The number of hydrogen-bond donors (Lipinski definition) is 1. The van der Waals surface area contributed by atoms with Crippen LogP contribution in [0.3, 0.4) is 0 Å². The number of benzene rings is 2. The first-order chi connectivity index (χ1) is 12.8. The Morgan fingerprint density at radius 2 is 1.63 bits per heavy atom. The van der Waals surface area contributed by atoms with Gasteiger partial charge in [-0.15, -0.1) is 0 Å². The smallest absolute Gasteiger partial charge is 0.223 e. The summed E-state index contributed by atoms with van der Waals surface area (Å²) in [4.78, 5) is 27.8. The summed E-state index contributed by atoms with van der Waals surface area (Å²) in [5, 5.41) is 3.12. The maximum atomic E-state index is 11.7. The summed E-state index contributed by atoms with van der Waals surface area (Å²) in [5.41, 5.74) is 2.77. The summed E-state index contributed by atoms with van der Waals surface area (Å²) >= 11 is 1.30. The van der Waals surface area contributed by atoms with Crippen LogP contribution >= 0.6 is 11.3 Å². The van der Waals surface area contributed by atoms with Gasteiger partial charge in [-0.2, -0.15) is 0 Å². The number of aldehydes is 1. The van der Waals surface area contributed by atoms with Crippen molar-refractivity contribution in [2.24, 2.45) is 0 Å². The van der Waals surface area contributed by atoms with Crippen molar-refractivity contribution in [3.8, 4) is 21.7 Å². The molecule has 1 amide bonds. The molecule has 1 aromatic heterocycles. The second-order valence-corrected chi connectivity index (χ2v) is 8.93. The molecule has 0 bridgehead atoms. The average Bonchev–Trinajstić information content (AvgIpc) is 3.04. The molecule has 2 aromatic carbocycles. The molecule has 138 valence electrons. The van der Waals surface area contributed by atoms with Crippen LogP contribution in [0.25, 0.3) is 21.7 Å². The second-order valence-electron chi connectivity index (χ2n) is 5.91. The molecule has 0 aliphatic rings. The maximum Gasteiger partial charge on any atom is 0.223 e. The minimum Gasteiger partial charge on any atom is -0.302 e. The Balaban J connectivity index is 2.10. The lowest BCUT2D eigenvalue weighted by Gasteiger charge is -2.04. The van der Waals surface area contributed by atoms with E-state index in [-0.39, 0.29) is 10.8 Å².